The Balaban J connectivity index is 2.08. The number of carbonyl (C=O) groups is 1. The lowest BCUT2D eigenvalue weighted by molar-refractivity contribution is -0.144. The second kappa shape index (κ2) is 8.50. The maximum atomic E-state index is 11.8. The molecule has 130 valence electrons. The van der Waals surface area contributed by atoms with Crippen LogP contribution in [0.25, 0.3) is 0 Å². The second-order valence-corrected chi connectivity index (χ2v) is 6.20. The summed E-state index contributed by atoms with van der Waals surface area (Å²) >= 11 is 0. The van der Waals surface area contributed by atoms with Gasteiger partial charge in [0.25, 0.3) is 0 Å². The summed E-state index contributed by atoms with van der Waals surface area (Å²) in [7, 11) is 2.15. The second-order valence-electron chi connectivity index (χ2n) is 6.20. The maximum absolute atomic E-state index is 11.8. The molecule has 0 aromatic carbocycles. The fraction of sp³-hybridized carbons (Fsp3) is 0.722. The van der Waals surface area contributed by atoms with Crippen molar-refractivity contribution in [3.05, 3.63) is 23.5 Å². The van der Waals surface area contributed by atoms with E-state index in [9.17, 15) is 4.79 Å². The van der Waals surface area contributed by atoms with Crippen molar-refractivity contribution in [3.63, 3.8) is 0 Å². The average molecular weight is 321 g/mol. The van der Waals surface area contributed by atoms with Crippen molar-refractivity contribution in [1.82, 2.24) is 14.4 Å². The third-order valence-corrected chi connectivity index (χ3v) is 4.89. The van der Waals surface area contributed by atoms with Crippen LogP contribution in [-0.2, 0) is 23.1 Å². The number of likely N-dealkylation sites (tertiary alicyclic amines) is 1. The molecule has 5 heteroatoms. The summed E-state index contributed by atoms with van der Waals surface area (Å²) in [5.74, 6) is -0.114. The highest BCUT2D eigenvalue weighted by Crippen LogP contribution is 2.32. The number of nitrogens with zero attached hydrogens (tertiary/aromatic N) is 3. The third kappa shape index (κ3) is 4.36. The standard InChI is InChI=1S/C18H31N3O2/c1-5-20(6-2)13-15-10-11-16(19(15)4)17-9-8-12-21(17)14-18(22)23-7-3/h10-11,17H,5-9,12-14H2,1-4H3. The summed E-state index contributed by atoms with van der Waals surface area (Å²) < 4.78 is 7.42. The molecular formula is C18H31N3O2. The Bertz CT molecular complexity index is 508. The fourth-order valence-corrected chi connectivity index (χ4v) is 3.46. The number of rotatable bonds is 8. The molecule has 0 N–H and O–H groups in total. The van der Waals surface area contributed by atoms with E-state index in [4.69, 9.17) is 4.74 Å². The van der Waals surface area contributed by atoms with Crippen LogP contribution in [-0.4, -0.2) is 53.1 Å². The molecule has 2 rings (SSSR count). The van der Waals surface area contributed by atoms with Crippen molar-refractivity contribution in [1.29, 1.82) is 0 Å². The van der Waals surface area contributed by atoms with Gasteiger partial charge in [0.15, 0.2) is 0 Å². The zero-order valence-electron chi connectivity index (χ0n) is 15.0. The van der Waals surface area contributed by atoms with Gasteiger partial charge < -0.3 is 9.30 Å². The number of ether oxygens (including phenoxy) is 1. The zero-order valence-corrected chi connectivity index (χ0v) is 15.0. The van der Waals surface area contributed by atoms with Crippen LogP contribution in [0.5, 0.6) is 0 Å². The van der Waals surface area contributed by atoms with Crippen molar-refractivity contribution in [3.8, 4) is 0 Å². The van der Waals surface area contributed by atoms with Crippen LogP contribution in [0.15, 0.2) is 12.1 Å². The van der Waals surface area contributed by atoms with Crippen LogP contribution in [0.4, 0.5) is 0 Å². The van der Waals surface area contributed by atoms with Crippen LogP contribution in [0.3, 0.4) is 0 Å². The number of esters is 1. The topological polar surface area (TPSA) is 37.7 Å². The van der Waals surface area contributed by atoms with E-state index in [0.717, 1.165) is 39.0 Å². The molecule has 1 aliphatic heterocycles. The molecule has 0 bridgehead atoms. The minimum absolute atomic E-state index is 0.114. The van der Waals surface area contributed by atoms with Crippen LogP contribution < -0.4 is 0 Å². The van der Waals surface area contributed by atoms with Gasteiger partial charge in [-0.25, -0.2) is 0 Å². The quantitative estimate of drug-likeness (QED) is 0.690. The number of carbonyl (C=O) groups excluding carboxylic acids is 1. The van der Waals surface area contributed by atoms with E-state index in [2.05, 4.69) is 47.4 Å². The molecule has 0 spiro atoms. The highest BCUT2D eigenvalue weighted by atomic mass is 16.5. The SMILES string of the molecule is CCOC(=O)CN1CCCC1c1ccc(CN(CC)CC)n1C. The molecule has 1 aromatic heterocycles. The Morgan fingerprint density at radius 3 is 2.70 bits per heavy atom. The molecule has 0 saturated carbocycles. The Labute approximate surface area is 140 Å². The Morgan fingerprint density at radius 1 is 1.30 bits per heavy atom. The summed E-state index contributed by atoms with van der Waals surface area (Å²) in [6.45, 7) is 11.2. The van der Waals surface area contributed by atoms with Gasteiger partial charge in [0, 0.05) is 25.0 Å². The van der Waals surface area contributed by atoms with Gasteiger partial charge in [-0.1, -0.05) is 13.8 Å². The minimum Gasteiger partial charge on any atom is -0.465 e. The van der Waals surface area contributed by atoms with Crippen LogP contribution in [0, 0.1) is 0 Å². The van der Waals surface area contributed by atoms with Gasteiger partial charge >= 0.3 is 5.97 Å². The molecule has 1 unspecified atom stereocenters. The molecule has 1 aliphatic rings. The normalized spacial score (nSPS) is 18.7. The minimum atomic E-state index is -0.114. The Hall–Kier alpha value is -1.33. The summed E-state index contributed by atoms with van der Waals surface area (Å²) in [5.41, 5.74) is 2.65. The molecule has 0 aliphatic carbocycles. The predicted molar refractivity (Wildman–Crippen MR) is 92.2 cm³/mol. The number of hydrogen-bond acceptors (Lipinski definition) is 4. The zero-order chi connectivity index (χ0) is 16.8. The van der Waals surface area contributed by atoms with E-state index in [0.29, 0.717) is 19.2 Å². The van der Waals surface area contributed by atoms with Crippen LogP contribution in [0.1, 0.15) is 51.0 Å². The predicted octanol–water partition coefficient (Wildman–Crippen LogP) is 2.57. The highest BCUT2D eigenvalue weighted by Gasteiger charge is 2.30. The smallest absolute Gasteiger partial charge is 0.320 e. The van der Waals surface area contributed by atoms with Crippen molar-refractivity contribution in [2.24, 2.45) is 7.05 Å². The van der Waals surface area contributed by atoms with Gasteiger partial charge in [-0.3, -0.25) is 14.6 Å². The summed E-state index contributed by atoms with van der Waals surface area (Å²) in [6.07, 6.45) is 2.25. The molecule has 1 atom stereocenters. The van der Waals surface area contributed by atoms with E-state index < -0.39 is 0 Å². The van der Waals surface area contributed by atoms with Gasteiger partial charge in [-0.05, 0) is 51.5 Å². The molecular weight excluding hydrogens is 290 g/mol. The van der Waals surface area contributed by atoms with E-state index in [1.165, 1.54) is 11.4 Å². The van der Waals surface area contributed by atoms with Crippen molar-refractivity contribution < 1.29 is 9.53 Å². The first kappa shape index (κ1) is 18.0. The Morgan fingerprint density at radius 2 is 2.04 bits per heavy atom. The van der Waals surface area contributed by atoms with E-state index >= 15 is 0 Å². The largest absolute Gasteiger partial charge is 0.465 e. The van der Waals surface area contributed by atoms with E-state index in [-0.39, 0.29) is 5.97 Å². The molecule has 2 heterocycles. The van der Waals surface area contributed by atoms with Gasteiger partial charge in [0.1, 0.15) is 0 Å². The van der Waals surface area contributed by atoms with Crippen molar-refractivity contribution in [2.75, 3.05) is 32.8 Å². The molecule has 0 amide bonds. The van der Waals surface area contributed by atoms with Crippen molar-refractivity contribution >= 4 is 5.97 Å². The molecule has 1 saturated heterocycles. The highest BCUT2D eigenvalue weighted by molar-refractivity contribution is 5.71. The van der Waals surface area contributed by atoms with E-state index in [1.54, 1.807) is 0 Å². The molecule has 5 nitrogen and oxygen atoms in total. The van der Waals surface area contributed by atoms with Gasteiger partial charge in [0.05, 0.1) is 19.2 Å². The monoisotopic (exact) mass is 321 g/mol. The van der Waals surface area contributed by atoms with Crippen LogP contribution >= 0.6 is 0 Å². The Kier molecular flexibility index (Phi) is 6.66. The lowest BCUT2D eigenvalue weighted by Crippen LogP contribution is -2.31. The molecule has 0 radical (unpaired) electrons. The fourth-order valence-electron chi connectivity index (χ4n) is 3.46. The van der Waals surface area contributed by atoms with Crippen molar-refractivity contribution in [2.45, 2.75) is 46.2 Å². The number of hydrogen-bond donors (Lipinski definition) is 0. The average Bonchev–Trinajstić information content (AvgIpc) is 3.12. The molecule has 1 aromatic rings. The van der Waals surface area contributed by atoms with Gasteiger partial charge in [-0.15, -0.1) is 0 Å². The number of aromatic nitrogens is 1. The molecule has 1 fully saturated rings. The van der Waals surface area contributed by atoms with E-state index in [1.807, 2.05) is 6.92 Å². The lowest BCUT2D eigenvalue weighted by Gasteiger charge is -2.25. The maximum Gasteiger partial charge on any atom is 0.320 e. The summed E-state index contributed by atoms with van der Waals surface area (Å²) in [6, 6.07) is 4.79. The van der Waals surface area contributed by atoms with Gasteiger partial charge in [0.2, 0.25) is 0 Å². The summed E-state index contributed by atoms with van der Waals surface area (Å²) in [5, 5.41) is 0. The lowest BCUT2D eigenvalue weighted by atomic mass is 10.1. The van der Waals surface area contributed by atoms with Gasteiger partial charge in [-0.2, -0.15) is 0 Å². The third-order valence-electron chi connectivity index (χ3n) is 4.89. The first-order valence-corrected chi connectivity index (χ1v) is 8.87. The first-order chi connectivity index (χ1) is 11.1. The molecule has 23 heavy (non-hydrogen) atoms. The first-order valence-electron chi connectivity index (χ1n) is 8.87. The van der Waals surface area contributed by atoms with Crippen LogP contribution in [0.2, 0.25) is 0 Å². The summed E-state index contributed by atoms with van der Waals surface area (Å²) in [4.78, 5) is 16.5.